The fraction of sp³-hybridized carbons (Fsp3) is 0.375. The Morgan fingerprint density at radius 3 is 2.65 bits per heavy atom. The molecule has 1 rings (SSSR count). The molecule has 0 radical (unpaired) electrons. The fourth-order valence-electron chi connectivity index (χ4n) is 1.06. The molecule has 0 bridgehead atoms. The van der Waals surface area contributed by atoms with Crippen LogP contribution < -0.4 is 5.73 Å². The summed E-state index contributed by atoms with van der Waals surface area (Å²) in [6.07, 6.45) is 0. The molecule has 9 heteroatoms. The van der Waals surface area contributed by atoms with Gasteiger partial charge in [-0.15, -0.1) is 11.3 Å². The van der Waals surface area contributed by atoms with E-state index in [0.717, 1.165) is 15.6 Å². The van der Waals surface area contributed by atoms with E-state index in [4.69, 9.17) is 22.5 Å². The lowest BCUT2D eigenvalue weighted by molar-refractivity contribution is 0.311. The number of halogens is 1. The molecule has 6 nitrogen and oxygen atoms in total. The number of nitrogens with two attached hydrogens (primary N) is 1. The van der Waals surface area contributed by atoms with E-state index in [2.05, 4.69) is 5.16 Å². The number of likely N-dealkylation sites (N-methyl/N-ethyl adjacent to an activating group) is 1. The summed E-state index contributed by atoms with van der Waals surface area (Å²) in [5.74, 6) is -0.182. The normalized spacial score (nSPS) is 15.2. The number of nitrogens with zero attached hydrogens (tertiary/aromatic N) is 2. The number of sulfonamides is 1. The SMILES string of the molecule is CC(C(N)=NO)N(C)S(=O)(=O)c1ccc(Cl)s1. The molecule has 17 heavy (non-hydrogen) atoms. The molecule has 96 valence electrons. The van der Waals surface area contributed by atoms with Crippen LogP contribution in [0.2, 0.25) is 4.34 Å². The van der Waals surface area contributed by atoms with Crippen molar-refractivity contribution in [2.24, 2.45) is 10.9 Å². The smallest absolute Gasteiger partial charge is 0.253 e. The van der Waals surface area contributed by atoms with Crippen molar-refractivity contribution in [3.05, 3.63) is 16.5 Å². The molecule has 0 saturated carbocycles. The van der Waals surface area contributed by atoms with Gasteiger partial charge in [-0.3, -0.25) is 0 Å². The van der Waals surface area contributed by atoms with Crippen LogP contribution in [-0.4, -0.2) is 36.9 Å². The Morgan fingerprint density at radius 2 is 2.24 bits per heavy atom. The summed E-state index contributed by atoms with van der Waals surface area (Å²) in [5, 5.41) is 11.3. The highest BCUT2D eigenvalue weighted by atomic mass is 35.5. The number of oxime groups is 1. The maximum atomic E-state index is 12.1. The van der Waals surface area contributed by atoms with Crippen LogP contribution in [0.25, 0.3) is 0 Å². The lowest BCUT2D eigenvalue weighted by atomic mass is 10.3. The second-order valence-corrected chi connectivity index (χ2v) is 7.22. The van der Waals surface area contributed by atoms with Crippen molar-refractivity contribution in [3.63, 3.8) is 0 Å². The fourth-order valence-corrected chi connectivity index (χ4v) is 4.06. The van der Waals surface area contributed by atoms with Crippen molar-refractivity contribution in [1.82, 2.24) is 4.31 Å². The molecule has 0 aliphatic carbocycles. The first kappa shape index (κ1) is 14.2. The monoisotopic (exact) mass is 297 g/mol. The third-order valence-electron chi connectivity index (χ3n) is 2.27. The Labute approximate surface area is 108 Å². The first-order chi connectivity index (χ1) is 7.80. The summed E-state index contributed by atoms with van der Waals surface area (Å²) in [5.41, 5.74) is 5.37. The largest absolute Gasteiger partial charge is 0.409 e. The minimum Gasteiger partial charge on any atom is -0.409 e. The zero-order chi connectivity index (χ0) is 13.2. The average molecular weight is 298 g/mol. The predicted molar refractivity (Wildman–Crippen MR) is 67.1 cm³/mol. The molecular weight excluding hydrogens is 286 g/mol. The van der Waals surface area contributed by atoms with Gasteiger partial charge in [0.05, 0.1) is 10.4 Å². The van der Waals surface area contributed by atoms with Gasteiger partial charge in [-0.2, -0.15) is 4.31 Å². The Kier molecular flexibility index (Phi) is 4.36. The van der Waals surface area contributed by atoms with Gasteiger partial charge in [-0.25, -0.2) is 8.42 Å². The molecule has 3 N–H and O–H groups in total. The van der Waals surface area contributed by atoms with Gasteiger partial charge in [-0.05, 0) is 19.1 Å². The van der Waals surface area contributed by atoms with Crippen LogP contribution in [0, 0.1) is 0 Å². The Bertz CT molecular complexity index is 526. The van der Waals surface area contributed by atoms with Gasteiger partial charge in [0.15, 0.2) is 5.84 Å². The van der Waals surface area contributed by atoms with Crippen LogP contribution in [0.4, 0.5) is 0 Å². The molecule has 1 aromatic heterocycles. The molecule has 0 saturated heterocycles. The second-order valence-electron chi connectivity index (χ2n) is 3.28. The number of amidine groups is 1. The zero-order valence-electron chi connectivity index (χ0n) is 9.16. The zero-order valence-corrected chi connectivity index (χ0v) is 11.6. The van der Waals surface area contributed by atoms with Gasteiger partial charge in [0.1, 0.15) is 4.21 Å². The van der Waals surface area contributed by atoms with Gasteiger partial charge in [0.2, 0.25) is 0 Å². The van der Waals surface area contributed by atoms with Gasteiger partial charge >= 0.3 is 0 Å². The van der Waals surface area contributed by atoms with Crippen LogP contribution in [-0.2, 0) is 10.0 Å². The lowest BCUT2D eigenvalue weighted by Gasteiger charge is -2.22. The molecule has 0 amide bonds. The highest BCUT2D eigenvalue weighted by molar-refractivity contribution is 7.91. The van der Waals surface area contributed by atoms with E-state index in [1.807, 2.05) is 0 Å². The van der Waals surface area contributed by atoms with E-state index >= 15 is 0 Å². The van der Waals surface area contributed by atoms with Crippen molar-refractivity contribution in [1.29, 1.82) is 0 Å². The summed E-state index contributed by atoms with van der Waals surface area (Å²) in [7, 11) is -2.32. The first-order valence-electron chi connectivity index (χ1n) is 4.51. The number of rotatable bonds is 4. The van der Waals surface area contributed by atoms with Crippen LogP contribution in [0.5, 0.6) is 0 Å². The summed E-state index contributed by atoms with van der Waals surface area (Å²) >= 11 is 6.64. The van der Waals surface area contributed by atoms with Crippen molar-refractivity contribution < 1.29 is 13.6 Å². The number of thiophene rings is 1. The number of hydrogen-bond donors (Lipinski definition) is 2. The van der Waals surface area contributed by atoms with E-state index in [0.29, 0.717) is 4.34 Å². The molecule has 1 unspecified atom stereocenters. The topological polar surface area (TPSA) is 96.0 Å². The highest BCUT2D eigenvalue weighted by Gasteiger charge is 2.28. The molecule has 1 atom stereocenters. The van der Waals surface area contributed by atoms with Gasteiger partial charge < -0.3 is 10.9 Å². The summed E-state index contributed by atoms with van der Waals surface area (Å²) in [4.78, 5) is 0. The van der Waals surface area contributed by atoms with Crippen molar-refractivity contribution in [2.75, 3.05) is 7.05 Å². The molecule has 1 heterocycles. The van der Waals surface area contributed by atoms with E-state index < -0.39 is 16.1 Å². The maximum Gasteiger partial charge on any atom is 0.253 e. The summed E-state index contributed by atoms with van der Waals surface area (Å²) < 4.78 is 25.7. The van der Waals surface area contributed by atoms with Gasteiger partial charge in [-0.1, -0.05) is 16.8 Å². The minimum atomic E-state index is -3.68. The van der Waals surface area contributed by atoms with Crippen molar-refractivity contribution in [3.8, 4) is 0 Å². The van der Waals surface area contributed by atoms with E-state index in [1.165, 1.54) is 26.1 Å². The number of hydrogen-bond acceptors (Lipinski definition) is 5. The third-order valence-corrected chi connectivity index (χ3v) is 5.90. The molecule has 0 aliphatic heterocycles. The Hall–Kier alpha value is -0.830. The minimum absolute atomic E-state index is 0.114. The molecular formula is C8H12ClN3O3S2. The lowest BCUT2D eigenvalue weighted by Crippen LogP contribution is -2.43. The van der Waals surface area contributed by atoms with Crippen LogP contribution in [0.3, 0.4) is 0 Å². The van der Waals surface area contributed by atoms with E-state index in [1.54, 1.807) is 0 Å². The average Bonchev–Trinajstić information content (AvgIpc) is 2.73. The van der Waals surface area contributed by atoms with E-state index in [-0.39, 0.29) is 10.0 Å². The Balaban J connectivity index is 3.07. The molecule has 0 spiro atoms. The van der Waals surface area contributed by atoms with Gasteiger partial charge in [0.25, 0.3) is 10.0 Å². The first-order valence-corrected chi connectivity index (χ1v) is 7.15. The van der Waals surface area contributed by atoms with E-state index in [9.17, 15) is 8.42 Å². The van der Waals surface area contributed by atoms with Crippen LogP contribution in [0.1, 0.15) is 6.92 Å². The molecule has 1 aromatic rings. The maximum absolute atomic E-state index is 12.1. The van der Waals surface area contributed by atoms with Crippen LogP contribution in [0.15, 0.2) is 21.5 Å². The molecule has 0 aliphatic rings. The summed E-state index contributed by atoms with van der Waals surface area (Å²) in [6.45, 7) is 1.52. The quantitative estimate of drug-likeness (QED) is 0.377. The molecule has 0 aromatic carbocycles. The standard InChI is InChI=1S/C8H12ClN3O3S2/c1-5(8(10)11-13)12(2)17(14,15)7-4-3-6(9)16-7/h3-5,13H,1-2H3,(H2,10,11). The van der Waals surface area contributed by atoms with Crippen molar-refractivity contribution in [2.45, 2.75) is 17.2 Å². The summed E-state index contributed by atoms with van der Waals surface area (Å²) in [6, 6.07) is 2.17. The van der Waals surface area contributed by atoms with Gasteiger partial charge in [0, 0.05) is 7.05 Å². The predicted octanol–water partition coefficient (Wildman–Crippen LogP) is 1.16. The highest BCUT2D eigenvalue weighted by Crippen LogP contribution is 2.28. The Morgan fingerprint density at radius 1 is 1.65 bits per heavy atom. The molecule has 0 fully saturated rings. The van der Waals surface area contributed by atoms with Crippen LogP contribution >= 0.6 is 22.9 Å². The third kappa shape index (κ3) is 2.89. The second kappa shape index (κ2) is 5.21. The van der Waals surface area contributed by atoms with Crippen molar-refractivity contribution >= 4 is 38.8 Å².